The Bertz CT molecular complexity index is 1230. The molecule has 14 heteroatoms. The van der Waals surface area contributed by atoms with Gasteiger partial charge >= 0.3 is 19.8 Å². The SMILES string of the molecule is CCCCCC/C=C\C/C=C\CCCCCCCCCC(=O)OC(COC(=O)CCCCCCC/C=C\CCCCCCCC)COP(=O)(O)OC1C(O)C(O)C(O)C(O)C1O. The summed E-state index contributed by atoms with van der Waals surface area (Å²) in [6.07, 6.45) is 30.5. The number of ether oxygens (including phenoxy) is 2. The van der Waals surface area contributed by atoms with Crippen LogP contribution in [0.4, 0.5) is 0 Å². The summed E-state index contributed by atoms with van der Waals surface area (Å²) < 4.78 is 33.6. The Labute approximate surface area is 374 Å². The van der Waals surface area contributed by atoms with Crippen molar-refractivity contribution in [2.45, 2.75) is 243 Å². The zero-order valence-corrected chi connectivity index (χ0v) is 39.3. The van der Waals surface area contributed by atoms with E-state index in [9.17, 15) is 44.6 Å². The van der Waals surface area contributed by atoms with Crippen LogP contribution in [0.2, 0.25) is 0 Å². The number of rotatable bonds is 40. The molecule has 1 rings (SSSR count). The zero-order valence-electron chi connectivity index (χ0n) is 38.4. The Morgan fingerprint density at radius 2 is 0.871 bits per heavy atom. The fourth-order valence-electron chi connectivity index (χ4n) is 7.25. The predicted molar refractivity (Wildman–Crippen MR) is 244 cm³/mol. The third-order valence-electron chi connectivity index (χ3n) is 11.2. The lowest BCUT2D eigenvalue weighted by Gasteiger charge is -2.41. The fourth-order valence-corrected chi connectivity index (χ4v) is 8.23. The van der Waals surface area contributed by atoms with Crippen LogP contribution in [0.1, 0.15) is 200 Å². The zero-order chi connectivity index (χ0) is 45.7. The van der Waals surface area contributed by atoms with E-state index < -0.39 is 75.7 Å². The van der Waals surface area contributed by atoms with Crippen LogP contribution in [0, 0.1) is 0 Å². The van der Waals surface area contributed by atoms with Gasteiger partial charge in [0.05, 0.1) is 6.61 Å². The van der Waals surface area contributed by atoms with E-state index in [-0.39, 0.29) is 12.8 Å². The number of aliphatic hydroxyl groups is 5. The maximum absolute atomic E-state index is 12.8. The van der Waals surface area contributed by atoms with Crippen molar-refractivity contribution in [2.75, 3.05) is 13.2 Å². The van der Waals surface area contributed by atoms with Crippen molar-refractivity contribution in [1.82, 2.24) is 0 Å². The van der Waals surface area contributed by atoms with E-state index in [2.05, 4.69) is 50.3 Å². The molecular weight excluding hydrogens is 815 g/mol. The number of aliphatic hydroxyl groups excluding tert-OH is 5. The van der Waals surface area contributed by atoms with Crippen molar-refractivity contribution in [2.24, 2.45) is 0 Å². The Hall–Kier alpha value is -1.93. The van der Waals surface area contributed by atoms with Crippen molar-refractivity contribution in [3.8, 4) is 0 Å². The minimum atomic E-state index is -5.12. The summed E-state index contributed by atoms with van der Waals surface area (Å²) >= 11 is 0. The summed E-state index contributed by atoms with van der Waals surface area (Å²) in [7, 11) is -5.12. The number of carbonyl (C=O) groups is 2. The van der Waals surface area contributed by atoms with Crippen LogP contribution in [0.25, 0.3) is 0 Å². The van der Waals surface area contributed by atoms with Gasteiger partial charge in [0.15, 0.2) is 6.10 Å². The van der Waals surface area contributed by atoms with E-state index in [1.54, 1.807) is 0 Å². The molecule has 1 fully saturated rings. The normalized spacial score (nSPS) is 22.1. The van der Waals surface area contributed by atoms with Gasteiger partial charge in [-0.3, -0.25) is 18.6 Å². The quantitative estimate of drug-likeness (QED) is 0.0147. The summed E-state index contributed by atoms with van der Waals surface area (Å²) in [6.45, 7) is 3.27. The van der Waals surface area contributed by atoms with Gasteiger partial charge in [0.25, 0.3) is 0 Å². The van der Waals surface area contributed by atoms with Gasteiger partial charge < -0.3 is 39.9 Å². The molecule has 0 aliphatic heterocycles. The van der Waals surface area contributed by atoms with Crippen molar-refractivity contribution >= 4 is 19.8 Å². The maximum atomic E-state index is 12.8. The van der Waals surface area contributed by atoms with Crippen molar-refractivity contribution in [1.29, 1.82) is 0 Å². The highest BCUT2D eigenvalue weighted by atomic mass is 31.2. The molecule has 1 saturated carbocycles. The van der Waals surface area contributed by atoms with Crippen LogP contribution < -0.4 is 0 Å². The van der Waals surface area contributed by atoms with Gasteiger partial charge in [0, 0.05) is 12.8 Å². The molecule has 0 aromatic rings. The second-order valence-corrected chi connectivity index (χ2v) is 18.4. The standard InChI is InChI=1S/C48H87O13P/c1-3-5-7-9-11-13-15-17-19-20-21-23-25-27-29-31-33-35-37-42(50)60-40(39-59-62(56,57)61-48-46(54)44(52)43(51)45(53)47(48)55)38-58-41(49)36-34-32-30-28-26-24-22-18-16-14-12-10-8-6-4-2/h13,15,18-20,22,40,43-48,51-55H,3-12,14,16-17,21,23-39H2,1-2H3,(H,56,57)/b15-13-,20-19-,22-18-. The average molecular weight is 903 g/mol. The lowest BCUT2D eigenvalue weighted by Crippen LogP contribution is -2.64. The highest BCUT2D eigenvalue weighted by Gasteiger charge is 2.51. The molecule has 362 valence electrons. The van der Waals surface area contributed by atoms with E-state index in [1.165, 1.54) is 70.6 Å². The van der Waals surface area contributed by atoms with Crippen LogP contribution in [0.15, 0.2) is 36.5 Å². The second kappa shape index (κ2) is 38.3. The number of unbranched alkanes of at least 4 members (excludes halogenated alkanes) is 22. The Morgan fingerprint density at radius 1 is 0.500 bits per heavy atom. The van der Waals surface area contributed by atoms with Crippen molar-refractivity contribution < 1.29 is 63.1 Å². The van der Waals surface area contributed by atoms with E-state index in [0.717, 1.165) is 89.9 Å². The lowest BCUT2D eigenvalue weighted by atomic mass is 9.85. The van der Waals surface area contributed by atoms with Crippen LogP contribution in [-0.2, 0) is 32.7 Å². The predicted octanol–water partition coefficient (Wildman–Crippen LogP) is 9.78. The first-order valence-corrected chi connectivity index (χ1v) is 25.8. The highest BCUT2D eigenvalue weighted by molar-refractivity contribution is 7.47. The van der Waals surface area contributed by atoms with Gasteiger partial charge in [-0.1, -0.05) is 153 Å². The first-order valence-electron chi connectivity index (χ1n) is 24.3. The van der Waals surface area contributed by atoms with E-state index >= 15 is 0 Å². The molecule has 0 amide bonds. The molecule has 6 atom stereocenters. The van der Waals surface area contributed by atoms with Crippen LogP contribution in [-0.4, -0.2) is 98.3 Å². The van der Waals surface area contributed by atoms with Gasteiger partial charge in [0.1, 0.15) is 43.2 Å². The minimum absolute atomic E-state index is 0.0865. The molecule has 0 saturated heterocycles. The summed E-state index contributed by atoms with van der Waals surface area (Å²) in [5.41, 5.74) is 0. The molecule has 62 heavy (non-hydrogen) atoms. The summed E-state index contributed by atoms with van der Waals surface area (Å²) in [6, 6.07) is 0. The molecule has 1 aliphatic rings. The fraction of sp³-hybridized carbons (Fsp3) is 0.833. The number of carbonyl (C=O) groups excluding carboxylic acids is 2. The first-order chi connectivity index (χ1) is 29.9. The first kappa shape index (κ1) is 58.1. The van der Waals surface area contributed by atoms with Gasteiger partial charge in [-0.25, -0.2) is 4.57 Å². The third-order valence-corrected chi connectivity index (χ3v) is 12.2. The Morgan fingerprint density at radius 3 is 1.34 bits per heavy atom. The number of hydrogen-bond acceptors (Lipinski definition) is 12. The number of allylic oxidation sites excluding steroid dienone is 6. The molecule has 6 N–H and O–H groups in total. The summed E-state index contributed by atoms with van der Waals surface area (Å²) in [5, 5.41) is 50.2. The van der Waals surface area contributed by atoms with Crippen molar-refractivity contribution in [3.63, 3.8) is 0 Å². The van der Waals surface area contributed by atoms with E-state index in [1.807, 2.05) is 0 Å². The molecule has 0 heterocycles. The lowest BCUT2D eigenvalue weighted by molar-refractivity contribution is -0.220. The van der Waals surface area contributed by atoms with Gasteiger partial charge in [0.2, 0.25) is 0 Å². The molecule has 0 bridgehead atoms. The molecule has 6 unspecified atom stereocenters. The molecule has 0 aromatic carbocycles. The largest absolute Gasteiger partial charge is 0.472 e. The molecule has 0 spiro atoms. The Kier molecular flexibility index (Phi) is 35.9. The van der Waals surface area contributed by atoms with Crippen molar-refractivity contribution in [3.05, 3.63) is 36.5 Å². The highest BCUT2D eigenvalue weighted by Crippen LogP contribution is 2.47. The average Bonchev–Trinajstić information content (AvgIpc) is 3.25. The molecule has 0 aromatic heterocycles. The third kappa shape index (κ3) is 30.3. The van der Waals surface area contributed by atoms with Crippen LogP contribution in [0.3, 0.4) is 0 Å². The number of hydrogen-bond donors (Lipinski definition) is 6. The number of phosphoric ester groups is 1. The van der Waals surface area contributed by atoms with Gasteiger partial charge in [-0.05, 0) is 70.6 Å². The smallest absolute Gasteiger partial charge is 0.462 e. The Balaban J connectivity index is 2.45. The summed E-state index contributed by atoms with van der Waals surface area (Å²) in [5.74, 6) is -1.11. The number of esters is 2. The topological polar surface area (TPSA) is 210 Å². The molecular formula is C48H87O13P. The van der Waals surface area contributed by atoms with Gasteiger partial charge in [-0.2, -0.15) is 0 Å². The van der Waals surface area contributed by atoms with Gasteiger partial charge in [-0.15, -0.1) is 0 Å². The molecule has 0 radical (unpaired) electrons. The molecule has 1 aliphatic carbocycles. The second-order valence-electron chi connectivity index (χ2n) is 17.0. The number of phosphoric acid groups is 1. The van der Waals surface area contributed by atoms with E-state index in [0.29, 0.717) is 12.8 Å². The molecule has 13 nitrogen and oxygen atoms in total. The van der Waals surface area contributed by atoms with Crippen LogP contribution in [0.5, 0.6) is 0 Å². The summed E-state index contributed by atoms with van der Waals surface area (Å²) in [4.78, 5) is 35.7. The van der Waals surface area contributed by atoms with Crippen LogP contribution >= 0.6 is 7.82 Å². The monoisotopic (exact) mass is 903 g/mol. The minimum Gasteiger partial charge on any atom is -0.462 e. The maximum Gasteiger partial charge on any atom is 0.472 e. The van der Waals surface area contributed by atoms with E-state index in [4.69, 9.17) is 18.5 Å².